The molecule has 1 atom stereocenters. The van der Waals surface area contributed by atoms with E-state index in [0.717, 1.165) is 37.9 Å². The van der Waals surface area contributed by atoms with Crippen molar-refractivity contribution in [3.63, 3.8) is 0 Å². The molecule has 5 aromatic rings. The maximum atomic E-state index is 10.2. The summed E-state index contributed by atoms with van der Waals surface area (Å²) in [6.45, 7) is 7.38. The van der Waals surface area contributed by atoms with Crippen LogP contribution in [0.1, 0.15) is 20.8 Å². The Hall–Kier alpha value is -3.60. The maximum absolute atomic E-state index is 10.2. The van der Waals surface area contributed by atoms with Crippen molar-refractivity contribution in [1.82, 2.24) is 24.7 Å². The SMILES string of the molecule is C[C@H](Oc1cc(-c2cnn(CC(C)(C)O)c2)cc2ncnc(Nc3ccc4ncsc4c3)c12)C1COC1. The molecule has 0 spiro atoms. The van der Waals surface area contributed by atoms with E-state index < -0.39 is 5.60 Å². The van der Waals surface area contributed by atoms with Crippen LogP contribution in [-0.4, -0.2) is 54.8 Å². The molecule has 4 heterocycles. The molecule has 0 bridgehead atoms. The Morgan fingerprint density at radius 2 is 2.03 bits per heavy atom. The number of fused-ring (bicyclic) bond motifs is 2. The Bertz CT molecular complexity index is 1570. The summed E-state index contributed by atoms with van der Waals surface area (Å²) in [6.07, 6.45) is 5.25. The van der Waals surface area contributed by atoms with Gasteiger partial charge in [-0.3, -0.25) is 4.68 Å². The van der Waals surface area contributed by atoms with Crippen molar-refractivity contribution < 1.29 is 14.6 Å². The third-order valence-electron chi connectivity index (χ3n) is 6.45. The van der Waals surface area contributed by atoms with E-state index in [9.17, 15) is 5.11 Å². The summed E-state index contributed by atoms with van der Waals surface area (Å²) < 4.78 is 14.8. The Morgan fingerprint density at radius 1 is 1.16 bits per heavy atom. The molecule has 2 aromatic carbocycles. The van der Waals surface area contributed by atoms with E-state index in [1.54, 1.807) is 42.4 Å². The fourth-order valence-corrected chi connectivity index (χ4v) is 5.11. The van der Waals surface area contributed by atoms with Gasteiger partial charge in [0, 0.05) is 23.4 Å². The normalized spacial score (nSPS) is 15.1. The molecule has 0 aliphatic carbocycles. The summed E-state index contributed by atoms with van der Waals surface area (Å²) in [5, 5.41) is 18.9. The summed E-state index contributed by atoms with van der Waals surface area (Å²) >= 11 is 1.60. The lowest BCUT2D eigenvalue weighted by Crippen LogP contribution is -2.39. The number of ether oxygens (including phenoxy) is 2. The van der Waals surface area contributed by atoms with E-state index >= 15 is 0 Å². The van der Waals surface area contributed by atoms with Crippen molar-refractivity contribution in [2.75, 3.05) is 18.5 Å². The second kappa shape index (κ2) is 9.37. The van der Waals surface area contributed by atoms with Gasteiger partial charge in [0.2, 0.25) is 0 Å². The summed E-state index contributed by atoms with van der Waals surface area (Å²) in [5.74, 6) is 1.71. The highest BCUT2D eigenvalue weighted by Gasteiger charge is 2.28. The molecular formula is C27H28N6O3S. The monoisotopic (exact) mass is 516 g/mol. The predicted molar refractivity (Wildman–Crippen MR) is 144 cm³/mol. The first-order valence-corrected chi connectivity index (χ1v) is 13.1. The van der Waals surface area contributed by atoms with E-state index in [4.69, 9.17) is 9.47 Å². The number of hydrogen-bond acceptors (Lipinski definition) is 9. The molecule has 2 N–H and O–H groups in total. The van der Waals surface area contributed by atoms with Gasteiger partial charge < -0.3 is 19.9 Å². The lowest BCUT2D eigenvalue weighted by Gasteiger charge is -2.32. The topological polar surface area (TPSA) is 107 Å². The van der Waals surface area contributed by atoms with Gasteiger partial charge in [0.25, 0.3) is 0 Å². The van der Waals surface area contributed by atoms with Crippen LogP contribution in [0.4, 0.5) is 11.5 Å². The van der Waals surface area contributed by atoms with Gasteiger partial charge in [-0.2, -0.15) is 5.10 Å². The van der Waals surface area contributed by atoms with Crippen LogP contribution >= 0.6 is 11.3 Å². The fourth-order valence-electron chi connectivity index (χ4n) is 4.39. The summed E-state index contributed by atoms with van der Waals surface area (Å²) in [4.78, 5) is 13.5. The van der Waals surface area contributed by atoms with Crippen molar-refractivity contribution in [2.45, 2.75) is 39.0 Å². The Kier molecular flexibility index (Phi) is 6.02. The number of aromatic nitrogens is 5. The second-order valence-corrected chi connectivity index (χ2v) is 11.0. The Balaban J connectivity index is 1.42. The number of hydrogen-bond donors (Lipinski definition) is 2. The zero-order valence-electron chi connectivity index (χ0n) is 20.9. The average Bonchev–Trinajstić information content (AvgIpc) is 3.46. The van der Waals surface area contributed by atoms with Gasteiger partial charge in [-0.1, -0.05) is 0 Å². The Labute approximate surface area is 218 Å². The minimum absolute atomic E-state index is 0.0355. The average molecular weight is 517 g/mol. The standard InChI is InChI=1S/C27H28N6O3S/c1-16(19-11-35-12-19)36-23-7-17(18-9-31-33(10-18)13-27(2,3)34)6-22-25(23)26(29-14-28-22)32-20-4-5-21-24(8-20)37-15-30-21/h4-10,14-16,19,34H,11-13H2,1-3H3,(H,28,29,32)/t16-/m0/s1. The largest absolute Gasteiger partial charge is 0.489 e. The van der Waals surface area contributed by atoms with Crippen LogP contribution in [0, 0.1) is 5.92 Å². The number of aliphatic hydroxyl groups is 1. The molecule has 190 valence electrons. The van der Waals surface area contributed by atoms with Gasteiger partial charge in [-0.25, -0.2) is 15.0 Å². The van der Waals surface area contributed by atoms with E-state index in [2.05, 4.69) is 38.4 Å². The molecule has 37 heavy (non-hydrogen) atoms. The lowest BCUT2D eigenvalue weighted by atomic mass is 10.0. The molecule has 6 rings (SSSR count). The maximum Gasteiger partial charge on any atom is 0.145 e. The van der Waals surface area contributed by atoms with Crippen molar-refractivity contribution in [2.24, 2.45) is 5.92 Å². The van der Waals surface area contributed by atoms with Crippen molar-refractivity contribution in [3.05, 3.63) is 54.6 Å². The van der Waals surface area contributed by atoms with Gasteiger partial charge in [-0.15, -0.1) is 11.3 Å². The summed E-state index contributed by atoms with van der Waals surface area (Å²) in [6, 6.07) is 10.1. The molecule has 1 saturated heterocycles. The molecule has 0 amide bonds. The van der Waals surface area contributed by atoms with Gasteiger partial charge >= 0.3 is 0 Å². The zero-order chi connectivity index (χ0) is 25.6. The van der Waals surface area contributed by atoms with Crippen LogP contribution in [-0.2, 0) is 11.3 Å². The number of nitrogens with one attached hydrogen (secondary N) is 1. The molecule has 9 nitrogen and oxygen atoms in total. The lowest BCUT2D eigenvalue weighted by molar-refractivity contribution is -0.0773. The molecule has 1 fully saturated rings. The van der Waals surface area contributed by atoms with Gasteiger partial charge in [0.05, 0.1) is 58.2 Å². The minimum Gasteiger partial charge on any atom is -0.489 e. The first-order chi connectivity index (χ1) is 17.8. The first-order valence-electron chi connectivity index (χ1n) is 12.2. The third kappa shape index (κ3) is 5.00. The third-order valence-corrected chi connectivity index (χ3v) is 7.24. The summed E-state index contributed by atoms with van der Waals surface area (Å²) in [5.41, 5.74) is 5.47. The van der Waals surface area contributed by atoms with Crippen molar-refractivity contribution in [3.8, 4) is 16.9 Å². The molecule has 0 saturated carbocycles. The van der Waals surface area contributed by atoms with Crippen LogP contribution in [0.3, 0.4) is 0 Å². The molecular weight excluding hydrogens is 488 g/mol. The van der Waals surface area contributed by atoms with Crippen molar-refractivity contribution >= 4 is 44.0 Å². The molecule has 1 aliphatic rings. The van der Waals surface area contributed by atoms with Crippen LogP contribution in [0.2, 0.25) is 0 Å². The smallest absolute Gasteiger partial charge is 0.145 e. The fraction of sp³-hybridized carbons (Fsp3) is 0.333. The zero-order valence-corrected chi connectivity index (χ0v) is 21.7. The van der Waals surface area contributed by atoms with E-state index in [-0.39, 0.29) is 6.10 Å². The minimum atomic E-state index is -0.864. The highest BCUT2D eigenvalue weighted by Crippen LogP contribution is 2.38. The second-order valence-electron chi connectivity index (χ2n) is 10.1. The molecule has 3 aromatic heterocycles. The number of anilines is 2. The number of nitrogens with zero attached hydrogens (tertiary/aromatic N) is 5. The predicted octanol–water partition coefficient (Wildman–Crippen LogP) is 5.03. The van der Waals surface area contributed by atoms with Gasteiger partial charge in [0.15, 0.2) is 0 Å². The number of rotatable bonds is 8. The first kappa shape index (κ1) is 23.8. The number of benzene rings is 2. The van der Waals surface area contributed by atoms with Crippen LogP contribution in [0.15, 0.2) is 54.6 Å². The van der Waals surface area contributed by atoms with Crippen LogP contribution in [0.5, 0.6) is 5.75 Å². The number of thiazole rings is 1. The molecule has 0 unspecified atom stereocenters. The highest BCUT2D eigenvalue weighted by atomic mass is 32.1. The van der Waals surface area contributed by atoms with Crippen molar-refractivity contribution in [1.29, 1.82) is 0 Å². The summed E-state index contributed by atoms with van der Waals surface area (Å²) in [7, 11) is 0. The van der Waals surface area contributed by atoms with Gasteiger partial charge in [0.1, 0.15) is 24.0 Å². The van der Waals surface area contributed by atoms with Gasteiger partial charge in [-0.05, 0) is 56.7 Å². The highest BCUT2D eigenvalue weighted by molar-refractivity contribution is 7.16. The van der Waals surface area contributed by atoms with Crippen LogP contribution < -0.4 is 10.1 Å². The Morgan fingerprint density at radius 3 is 2.81 bits per heavy atom. The quantitative estimate of drug-likeness (QED) is 0.296. The van der Waals surface area contributed by atoms with E-state index in [1.165, 1.54) is 0 Å². The molecule has 1 aliphatic heterocycles. The molecule has 0 radical (unpaired) electrons. The molecule has 10 heteroatoms. The van der Waals surface area contributed by atoms with E-state index in [0.29, 0.717) is 37.2 Å². The van der Waals surface area contributed by atoms with Crippen LogP contribution in [0.25, 0.3) is 32.2 Å². The van der Waals surface area contributed by atoms with E-state index in [1.807, 2.05) is 36.0 Å².